The van der Waals surface area contributed by atoms with Crippen molar-refractivity contribution in [2.24, 2.45) is 16.7 Å². The SMILES string of the molecule is CC12CCC(C1)C(C)(C)C2Nc1cc(Br)ccc1F. The third kappa shape index (κ3) is 2.01. The van der Waals surface area contributed by atoms with Crippen LogP contribution in [0.4, 0.5) is 10.1 Å². The van der Waals surface area contributed by atoms with E-state index in [0.717, 1.165) is 10.4 Å². The second-order valence-corrected chi connectivity index (χ2v) is 8.03. The lowest BCUT2D eigenvalue weighted by Crippen LogP contribution is -2.45. The molecular formula is C16H21BrFN. The Morgan fingerprint density at radius 2 is 2.05 bits per heavy atom. The molecular weight excluding hydrogens is 305 g/mol. The molecule has 1 nitrogen and oxygen atoms in total. The van der Waals surface area contributed by atoms with Gasteiger partial charge in [-0.1, -0.05) is 36.7 Å². The van der Waals surface area contributed by atoms with Gasteiger partial charge in [0.15, 0.2) is 0 Å². The van der Waals surface area contributed by atoms with E-state index in [1.54, 1.807) is 6.07 Å². The molecule has 2 fully saturated rings. The zero-order valence-electron chi connectivity index (χ0n) is 11.8. The maximum absolute atomic E-state index is 14.0. The molecule has 1 aromatic rings. The van der Waals surface area contributed by atoms with Crippen molar-refractivity contribution in [2.75, 3.05) is 5.32 Å². The lowest BCUT2D eigenvalue weighted by molar-refractivity contribution is 0.155. The fourth-order valence-corrected chi connectivity index (χ4v) is 4.79. The molecule has 3 rings (SSSR count). The summed E-state index contributed by atoms with van der Waals surface area (Å²) in [6.07, 6.45) is 3.85. The molecule has 3 heteroatoms. The number of benzene rings is 1. The van der Waals surface area contributed by atoms with Crippen molar-refractivity contribution in [1.82, 2.24) is 0 Å². The van der Waals surface area contributed by atoms with Crippen LogP contribution in [0.3, 0.4) is 0 Å². The number of rotatable bonds is 2. The van der Waals surface area contributed by atoms with E-state index in [9.17, 15) is 4.39 Å². The molecule has 0 spiro atoms. The Morgan fingerprint density at radius 1 is 1.32 bits per heavy atom. The Morgan fingerprint density at radius 3 is 2.68 bits per heavy atom. The van der Waals surface area contributed by atoms with Crippen LogP contribution >= 0.6 is 15.9 Å². The first-order chi connectivity index (χ1) is 8.83. The van der Waals surface area contributed by atoms with Gasteiger partial charge in [0, 0.05) is 10.5 Å². The van der Waals surface area contributed by atoms with Gasteiger partial charge in [-0.3, -0.25) is 0 Å². The van der Waals surface area contributed by atoms with Crippen LogP contribution in [-0.4, -0.2) is 6.04 Å². The first-order valence-corrected chi connectivity index (χ1v) is 7.84. The van der Waals surface area contributed by atoms with Crippen molar-refractivity contribution in [3.05, 3.63) is 28.5 Å². The summed E-state index contributed by atoms with van der Waals surface area (Å²) in [7, 11) is 0. The number of halogens is 2. The maximum atomic E-state index is 14.0. The van der Waals surface area contributed by atoms with Crippen molar-refractivity contribution in [3.8, 4) is 0 Å². The zero-order chi connectivity index (χ0) is 13.8. The lowest BCUT2D eigenvalue weighted by atomic mass is 9.68. The summed E-state index contributed by atoms with van der Waals surface area (Å²) in [5.74, 6) is 0.607. The van der Waals surface area contributed by atoms with E-state index in [2.05, 4.69) is 42.0 Å². The molecule has 19 heavy (non-hydrogen) atoms. The second kappa shape index (κ2) is 4.21. The first-order valence-electron chi connectivity index (χ1n) is 7.04. The molecule has 104 valence electrons. The molecule has 0 aromatic heterocycles. The van der Waals surface area contributed by atoms with Crippen LogP contribution in [0.1, 0.15) is 40.0 Å². The Hall–Kier alpha value is -0.570. The molecule has 0 heterocycles. The summed E-state index contributed by atoms with van der Waals surface area (Å²) in [4.78, 5) is 0. The van der Waals surface area contributed by atoms with Crippen molar-refractivity contribution in [2.45, 2.75) is 46.1 Å². The minimum atomic E-state index is -0.162. The fraction of sp³-hybridized carbons (Fsp3) is 0.625. The topological polar surface area (TPSA) is 12.0 Å². The highest BCUT2D eigenvalue weighted by atomic mass is 79.9. The van der Waals surface area contributed by atoms with Gasteiger partial charge in [-0.25, -0.2) is 4.39 Å². The summed E-state index contributed by atoms with van der Waals surface area (Å²) in [5.41, 5.74) is 1.17. The Labute approximate surface area is 123 Å². The van der Waals surface area contributed by atoms with E-state index in [1.165, 1.54) is 25.3 Å². The Balaban J connectivity index is 1.92. The molecule has 2 aliphatic carbocycles. The van der Waals surface area contributed by atoms with Crippen molar-refractivity contribution < 1.29 is 4.39 Å². The number of anilines is 1. The predicted molar refractivity (Wildman–Crippen MR) is 80.7 cm³/mol. The molecule has 1 N–H and O–H groups in total. The van der Waals surface area contributed by atoms with E-state index in [-0.39, 0.29) is 11.2 Å². The quantitative estimate of drug-likeness (QED) is 0.786. The van der Waals surface area contributed by atoms with Crippen molar-refractivity contribution in [3.63, 3.8) is 0 Å². The highest BCUT2D eigenvalue weighted by Crippen LogP contribution is 2.63. The second-order valence-electron chi connectivity index (χ2n) is 7.12. The van der Waals surface area contributed by atoms with Crippen LogP contribution < -0.4 is 5.32 Å². The molecule has 0 saturated heterocycles. The molecule has 1 aromatic carbocycles. The third-order valence-electron chi connectivity index (χ3n) is 5.50. The number of hydrogen-bond donors (Lipinski definition) is 1. The van der Waals surface area contributed by atoms with E-state index in [1.807, 2.05) is 6.07 Å². The summed E-state index contributed by atoms with van der Waals surface area (Å²) in [6.45, 7) is 7.01. The van der Waals surface area contributed by atoms with Crippen LogP contribution in [0.2, 0.25) is 0 Å². The normalized spacial score (nSPS) is 35.6. The van der Waals surface area contributed by atoms with E-state index in [0.29, 0.717) is 17.1 Å². The van der Waals surface area contributed by atoms with E-state index < -0.39 is 0 Å². The van der Waals surface area contributed by atoms with Gasteiger partial charge in [0.1, 0.15) is 5.82 Å². The van der Waals surface area contributed by atoms with Gasteiger partial charge in [-0.05, 0) is 54.2 Å². The summed E-state index contributed by atoms with van der Waals surface area (Å²) in [5, 5.41) is 3.51. The van der Waals surface area contributed by atoms with Crippen LogP contribution in [0.15, 0.2) is 22.7 Å². The van der Waals surface area contributed by atoms with Crippen molar-refractivity contribution >= 4 is 21.6 Å². The van der Waals surface area contributed by atoms with Gasteiger partial charge in [0.2, 0.25) is 0 Å². The fourth-order valence-electron chi connectivity index (χ4n) is 4.43. The van der Waals surface area contributed by atoms with Crippen LogP contribution in [0.5, 0.6) is 0 Å². The zero-order valence-corrected chi connectivity index (χ0v) is 13.3. The number of fused-ring (bicyclic) bond motifs is 2. The molecule has 3 unspecified atom stereocenters. The molecule has 0 aliphatic heterocycles. The average Bonchev–Trinajstić information content (AvgIpc) is 2.80. The summed E-state index contributed by atoms with van der Waals surface area (Å²) >= 11 is 3.42. The van der Waals surface area contributed by atoms with Crippen LogP contribution in [0, 0.1) is 22.6 Å². The molecule has 2 aliphatic rings. The highest BCUT2D eigenvalue weighted by molar-refractivity contribution is 9.10. The number of nitrogens with one attached hydrogen (secondary N) is 1. The van der Waals surface area contributed by atoms with E-state index >= 15 is 0 Å². The highest BCUT2D eigenvalue weighted by Gasteiger charge is 2.59. The molecule has 0 radical (unpaired) electrons. The molecule has 2 bridgehead atoms. The standard InChI is InChI=1S/C16H21BrFN/c1-15(2)10-6-7-16(3,9-10)14(15)19-13-8-11(17)4-5-12(13)18/h4-5,8,10,14,19H,6-7,9H2,1-3H3. The van der Waals surface area contributed by atoms with E-state index in [4.69, 9.17) is 0 Å². The largest absolute Gasteiger partial charge is 0.379 e. The Kier molecular flexibility index (Phi) is 2.97. The minimum absolute atomic E-state index is 0.162. The van der Waals surface area contributed by atoms with Gasteiger partial charge in [0.05, 0.1) is 5.69 Å². The van der Waals surface area contributed by atoms with Gasteiger partial charge in [-0.15, -0.1) is 0 Å². The van der Waals surface area contributed by atoms with Gasteiger partial charge < -0.3 is 5.32 Å². The first kappa shape index (κ1) is 13.4. The Bertz CT molecular complexity index is 509. The smallest absolute Gasteiger partial charge is 0.146 e. The third-order valence-corrected chi connectivity index (χ3v) is 5.99. The molecule has 0 amide bonds. The van der Waals surface area contributed by atoms with Gasteiger partial charge >= 0.3 is 0 Å². The van der Waals surface area contributed by atoms with Crippen LogP contribution in [0.25, 0.3) is 0 Å². The van der Waals surface area contributed by atoms with Crippen molar-refractivity contribution in [1.29, 1.82) is 0 Å². The average molecular weight is 326 g/mol. The van der Waals surface area contributed by atoms with Gasteiger partial charge in [0.25, 0.3) is 0 Å². The van der Waals surface area contributed by atoms with Crippen LogP contribution in [-0.2, 0) is 0 Å². The van der Waals surface area contributed by atoms with Gasteiger partial charge in [-0.2, -0.15) is 0 Å². The summed E-state index contributed by atoms with van der Waals surface area (Å²) < 4.78 is 14.9. The number of hydrogen-bond acceptors (Lipinski definition) is 1. The predicted octanol–water partition coefficient (Wildman–Crippen LogP) is 5.21. The summed E-state index contributed by atoms with van der Waals surface area (Å²) in [6, 6.07) is 5.46. The minimum Gasteiger partial charge on any atom is -0.379 e. The molecule has 3 atom stereocenters. The lowest BCUT2D eigenvalue weighted by Gasteiger charge is -2.43. The monoisotopic (exact) mass is 325 g/mol. The maximum Gasteiger partial charge on any atom is 0.146 e. The molecule has 2 saturated carbocycles.